The van der Waals surface area contributed by atoms with Crippen molar-refractivity contribution in [2.75, 3.05) is 5.32 Å². The molecule has 0 aliphatic heterocycles. The minimum Gasteiger partial charge on any atom is -0.322 e. The van der Waals surface area contributed by atoms with Gasteiger partial charge in [0.05, 0.1) is 0 Å². The maximum atomic E-state index is 12.0. The molecule has 2 rings (SSSR count). The monoisotopic (exact) mass is 387 g/mol. The lowest BCUT2D eigenvalue weighted by Crippen LogP contribution is -2.11. The van der Waals surface area contributed by atoms with Crippen LogP contribution in [0.2, 0.25) is 5.02 Å². The quantitative estimate of drug-likeness (QED) is 0.759. The van der Waals surface area contributed by atoms with Crippen LogP contribution in [-0.4, -0.2) is 5.91 Å². The molecule has 0 bridgehead atoms. The Hall–Kier alpha value is -0.840. The summed E-state index contributed by atoms with van der Waals surface area (Å²) < 4.78 is 1.68. The van der Waals surface area contributed by atoms with Gasteiger partial charge in [0.1, 0.15) is 0 Å². The lowest BCUT2D eigenvalue weighted by atomic mass is 10.2. The van der Waals surface area contributed by atoms with Gasteiger partial charge in [-0.15, -0.1) is 0 Å². The average molecular weight is 389 g/mol. The van der Waals surface area contributed by atoms with Crippen LogP contribution in [-0.2, 0) is 0 Å². The Bertz CT molecular complexity index is 581. The number of amides is 1. The summed E-state index contributed by atoms with van der Waals surface area (Å²) >= 11 is 12.6. The van der Waals surface area contributed by atoms with Crippen LogP contribution in [0.4, 0.5) is 5.69 Å². The summed E-state index contributed by atoms with van der Waals surface area (Å²) in [7, 11) is 0. The molecule has 5 heteroatoms. The zero-order valence-electron chi connectivity index (χ0n) is 9.08. The van der Waals surface area contributed by atoms with E-state index in [-0.39, 0.29) is 5.91 Å². The van der Waals surface area contributed by atoms with Crippen LogP contribution >= 0.6 is 43.5 Å². The Morgan fingerprint density at radius 2 is 1.83 bits per heavy atom. The van der Waals surface area contributed by atoms with Crippen molar-refractivity contribution in [3.63, 3.8) is 0 Å². The Kier molecular flexibility index (Phi) is 4.43. The predicted molar refractivity (Wildman–Crippen MR) is 81.2 cm³/mol. The third-order valence-electron chi connectivity index (χ3n) is 2.21. The number of nitrogens with one attached hydrogen (secondary N) is 1. The van der Waals surface area contributed by atoms with Gasteiger partial charge in [-0.05, 0) is 36.4 Å². The number of halogens is 3. The summed E-state index contributed by atoms with van der Waals surface area (Å²) in [5.41, 5.74) is 1.24. The van der Waals surface area contributed by atoms with E-state index in [0.29, 0.717) is 10.6 Å². The average Bonchev–Trinajstić information content (AvgIpc) is 2.27. The molecule has 0 fully saturated rings. The third kappa shape index (κ3) is 3.57. The smallest absolute Gasteiger partial charge is 0.255 e. The van der Waals surface area contributed by atoms with E-state index in [1.54, 1.807) is 18.2 Å². The Morgan fingerprint density at radius 1 is 1.06 bits per heavy atom. The molecular formula is C13H8Br2ClNO. The van der Waals surface area contributed by atoms with Crippen LogP contribution in [0.1, 0.15) is 10.4 Å². The van der Waals surface area contributed by atoms with Crippen molar-refractivity contribution in [1.82, 2.24) is 0 Å². The van der Waals surface area contributed by atoms with E-state index in [1.807, 2.05) is 24.3 Å². The zero-order chi connectivity index (χ0) is 13.1. The minimum atomic E-state index is -0.198. The molecule has 92 valence electrons. The molecule has 18 heavy (non-hydrogen) atoms. The topological polar surface area (TPSA) is 29.1 Å². The normalized spacial score (nSPS) is 10.2. The minimum absolute atomic E-state index is 0.198. The number of rotatable bonds is 2. The Balaban J connectivity index is 2.22. The summed E-state index contributed by atoms with van der Waals surface area (Å²) in [6.45, 7) is 0. The summed E-state index contributed by atoms with van der Waals surface area (Å²) in [5, 5.41) is 3.32. The molecule has 0 saturated carbocycles. The molecule has 0 saturated heterocycles. The van der Waals surface area contributed by atoms with Gasteiger partial charge in [-0.25, -0.2) is 0 Å². The van der Waals surface area contributed by atoms with Gasteiger partial charge in [0.2, 0.25) is 0 Å². The van der Waals surface area contributed by atoms with Gasteiger partial charge in [0.15, 0.2) is 0 Å². The second-order valence-corrected chi connectivity index (χ2v) is 5.89. The lowest BCUT2D eigenvalue weighted by Gasteiger charge is -2.06. The molecule has 2 aromatic carbocycles. The van der Waals surface area contributed by atoms with Gasteiger partial charge >= 0.3 is 0 Å². The number of carbonyl (C=O) groups excluding carboxylic acids is 1. The SMILES string of the molecule is O=C(Nc1cccc(Br)c1)c1cc(Cl)cc(Br)c1. The summed E-state index contributed by atoms with van der Waals surface area (Å²) in [6.07, 6.45) is 0. The molecule has 2 nitrogen and oxygen atoms in total. The van der Waals surface area contributed by atoms with E-state index in [4.69, 9.17) is 11.6 Å². The van der Waals surface area contributed by atoms with E-state index < -0.39 is 0 Å². The summed E-state index contributed by atoms with van der Waals surface area (Å²) in [4.78, 5) is 12.0. The van der Waals surface area contributed by atoms with Crippen molar-refractivity contribution in [2.45, 2.75) is 0 Å². The highest BCUT2D eigenvalue weighted by Gasteiger charge is 2.08. The number of anilines is 1. The van der Waals surface area contributed by atoms with Crippen LogP contribution in [0.15, 0.2) is 51.4 Å². The van der Waals surface area contributed by atoms with Gasteiger partial charge in [0.25, 0.3) is 5.91 Å². The number of benzene rings is 2. The van der Waals surface area contributed by atoms with Crippen LogP contribution < -0.4 is 5.32 Å². The van der Waals surface area contributed by atoms with Crippen LogP contribution in [0.5, 0.6) is 0 Å². The first-order valence-electron chi connectivity index (χ1n) is 5.07. The van der Waals surface area contributed by atoms with Gasteiger partial charge in [-0.1, -0.05) is 49.5 Å². The van der Waals surface area contributed by atoms with Crippen LogP contribution in [0, 0.1) is 0 Å². The van der Waals surface area contributed by atoms with Crippen molar-refractivity contribution in [3.8, 4) is 0 Å². The fourth-order valence-electron chi connectivity index (χ4n) is 1.45. The van der Waals surface area contributed by atoms with Crippen molar-refractivity contribution < 1.29 is 4.79 Å². The molecule has 2 aromatic rings. The van der Waals surface area contributed by atoms with Crippen LogP contribution in [0.25, 0.3) is 0 Å². The fourth-order valence-corrected chi connectivity index (χ4v) is 2.71. The van der Waals surface area contributed by atoms with Gasteiger partial charge in [0, 0.05) is 25.2 Å². The Morgan fingerprint density at radius 3 is 2.50 bits per heavy atom. The zero-order valence-corrected chi connectivity index (χ0v) is 13.0. The molecular weight excluding hydrogens is 381 g/mol. The van der Waals surface area contributed by atoms with E-state index in [0.717, 1.165) is 14.6 Å². The maximum absolute atomic E-state index is 12.0. The molecule has 0 heterocycles. The summed E-state index contributed by atoms with van der Waals surface area (Å²) in [6, 6.07) is 12.5. The van der Waals surface area contributed by atoms with E-state index in [2.05, 4.69) is 37.2 Å². The van der Waals surface area contributed by atoms with Gasteiger partial charge < -0.3 is 5.32 Å². The standard InChI is InChI=1S/C13H8Br2ClNO/c14-9-2-1-3-12(7-9)17-13(18)8-4-10(15)6-11(16)5-8/h1-7H,(H,17,18). The van der Waals surface area contributed by atoms with E-state index >= 15 is 0 Å². The highest BCUT2D eigenvalue weighted by atomic mass is 79.9. The molecule has 1 amide bonds. The fraction of sp³-hybridized carbons (Fsp3) is 0. The largest absolute Gasteiger partial charge is 0.322 e. The highest BCUT2D eigenvalue weighted by Crippen LogP contribution is 2.21. The van der Waals surface area contributed by atoms with Gasteiger partial charge in [-0.2, -0.15) is 0 Å². The molecule has 0 spiro atoms. The van der Waals surface area contributed by atoms with Crippen molar-refractivity contribution in [3.05, 3.63) is 62.0 Å². The van der Waals surface area contributed by atoms with E-state index in [1.165, 1.54) is 0 Å². The first-order valence-corrected chi connectivity index (χ1v) is 7.04. The second kappa shape index (κ2) is 5.87. The number of hydrogen-bond donors (Lipinski definition) is 1. The number of hydrogen-bond acceptors (Lipinski definition) is 1. The van der Waals surface area contributed by atoms with E-state index in [9.17, 15) is 4.79 Å². The molecule has 0 atom stereocenters. The maximum Gasteiger partial charge on any atom is 0.255 e. The molecule has 1 N–H and O–H groups in total. The molecule has 0 aliphatic carbocycles. The first-order chi connectivity index (χ1) is 8.54. The molecule has 0 aromatic heterocycles. The molecule has 0 radical (unpaired) electrons. The Labute approximate surface area is 127 Å². The van der Waals surface area contributed by atoms with Gasteiger partial charge in [-0.3, -0.25) is 4.79 Å². The van der Waals surface area contributed by atoms with Crippen molar-refractivity contribution >= 4 is 55.1 Å². The summed E-state index contributed by atoms with van der Waals surface area (Å²) in [5.74, 6) is -0.198. The molecule has 0 aliphatic rings. The highest BCUT2D eigenvalue weighted by molar-refractivity contribution is 9.10. The second-order valence-electron chi connectivity index (χ2n) is 3.62. The third-order valence-corrected chi connectivity index (χ3v) is 3.38. The van der Waals surface area contributed by atoms with Crippen molar-refractivity contribution in [2.24, 2.45) is 0 Å². The first kappa shape index (κ1) is 13.6. The predicted octanol–water partition coefficient (Wildman–Crippen LogP) is 5.12. The number of carbonyl (C=O) groups is 1. The lowest BCUT2D eigenvalue weighted by molar-refractivity contribution is 0.102. The van der Waals surface area contributed by atoms with Crippen LogP contribution in [0.3, 0.4) is 0 Å². The van der Waals surface area contributed by atoms with Crippen molar-refractivity contribution in [1.29, 1.82) is 0 Å². The molecule has 0 unspecified atom stereocenters.